The summed E-state index contributed by atoms with van der Waals surface area (Å²) in [6, 6.07) is 7.26. The first-order valence-corrected chi connectivity index (χ1v) is 8.98. The molecule has 6 nitrogen and oxygen atoms in total. The topological polar surface area (TPSA) is 55.6 Å². The second kappa shape index (κ2) is 6.99. The Morgan fingerprint density at radius 3 is 3.00 bits per heavy atom. The van der Waals surface area contributed by atoms with Crippen LogP contribution in [0.25, 0.3) is 5.78 Å². The molecule has 0 unspecified atom stereocenters. The molecule has 1 aliphatic rings. The smallest absolute Gasteiger partial charge is 0.254 e. The summed E-state index contributed by atoms with van der Waals surface area (Å²) in [6.07, 6.45) is 3.35. The number of aromatic nitrogens is 4. The van der Waals surface area contributed by atoms with E-state index in [9.17, 15) is 4.39 Å². The maximum absolute atomic E-state index is 13.6. The maximum atomic E-state index is 13.6. The number of morpholine rings is 1. The summed E-state index contributed by atoms with van der Waals surface area (Å²) in [6.45, 7) is 5.95. The molecule has 2 aromatic heterocycles. The molecule has 1 fully saturated rings. The fourth-order valence-electron chi connectivity index (χ4n) is 3.38. The van der Waals surface area contributed by atoms with Gasteiger partial charge in [0.15, 0.2) is 0 Å². The Hall–Kier alpha value is -2.54. The van der Waals surface area contributed by atoms with E-state index in [4.69, 9.17) is 4.74 Å². The number of benzene rings is 1. The van der Waals surface area contributed by atoms with Gasteiger partial charge in [-0.25, -0.2) is 9.37 Å². The molecular weight excluding hydrogens is 333 g/mol. The fraction of sp³-hybridized carbons (Fsp3) is 0.421. The number of halogens is 1. The van der Waals surface area contributed by atoms with Gasteiger partial charge in [0.25, 0.3) is 5.78 Å². The molecule has 4 rings (SSSR count). The van der Waals surface area contributed by atoms with E-state index in [1.54, 1.807) is 17.5 Å². The summed E-state index contributed by atoms with van der Waals surface area (Å²) in [4.78, 5) is 11.1. The van der Waals surface area contributed by atoms with E-state index in [0.717, 1.165) is 36.5 Å². The van der Waals surface area contributed by atoms with Gasteiger partial charge in [0.2, 0.25) is 0 Å². The molecule has 0 saturated carbocycles. The Morgan fingerprint density at radius 2 is 2.19 bits per heavy atom. The van der Waals surface area contributed by atoms with E-state index in [0.29, 0.717) is 24.5 Å². The predicted molar refractivity (Wildman–Crippen MR) is 96.8 cm³/mol. The van der Waals surface area contributed by atoms with Crippen LogP contribution < -0.4 is 4.90 Å². The van der Waals surface area contributed by atoms with Crippen LogP contribution in [0.3, 0.4) is 0 Å². The summed E-state index contributed by atoms with van der Waals surface area (Å²) in [7, 11) is 0. The lowest BCUT2D eigenvalue weighted by Crippen LogP contribution is -2.39. The van der Waals surface area contributed by atoms with Gasteiger partial charge in [-0.2, -0.15) is 14.6 Å². The van der Waals surface area contributed by atoms with Crippen molar-refractivity contribution in [1.29, 1.82) is 0 Å². The SMILES string of the molecule is CCCc1cc(N2CCO[C@@H](c3ccc(F)c(C)c3)C2)n2ncnc2n1. The quantitative estimate of drug-likeness (QED) is 0.720. The van der Waals surface area contributed by atoms with Crippen LogP contribution in [0.5, 0.6) is 0 Å². The van der Waals surface area contributed by atoms with E-state index < -0.39 is 0 Å². The lowest BCUT2D eigenvalue weighted by molar-refractivity contribution is 0.0393. The Bertz CT molecular complexity index is 925. The van der Waals surface area contributed by atoms with Gasteiger partial charge in [-0.1, -0.05) is 25.5 Å². The Balaban J connectivity index is 1.66. The monoisotopic (exact) mass is 355 g/mol. The summed E-state index contributed by atoms with van der Waals surface area (Å²) in [5.41, 5.74) is 2.64. The van der Waals surface area contributed by atoms with Crippen LogP contribution in [0.4, 0.5) is 10.2 Å². The third-order valence-electron chi connectivity index (χ3n) is 4.74. The van der Waals surface area contributed by atoms with Crippen LogP contribution in [0, 0.1) is 12.7 Å². The highest BCUT2D eigenvalue weighted by atomic mass is 19.1. The van der Waals surface area contributed by atoms with E-state index in [2.05, 4.69) is 33.0 Å². The Morgan fingerprint density at radius 1 is 1.31 bits per heavy atom. The molecule has 0 N–H and O–H groups in total. The van der Waals surface area contributed by atoms with Crippen molar-refractivity contribution in [2.45, 2.75) is 32.8 Å². The molecular formula is C19H22FN5O. The molecule has 3 heterocycles. The van der Waals surface area contributed by atoms with Crippen LogP contribution in [-0.2, 0) is 11.2 Å². The summed E-state index contributed by atoms with van der Waals surface area (Å²) < 4.78 is 21.3. The van der Waals surface area contributed by atoms with Crippen LogP contribution in [0.15, 0.2) is 30.6 Å². The van der Waals surface area contributed by atoms with Crippen LogP contribution in [-0.4, -0.2) is 39.3 Å². The number of rotatable bonds is 4. The van der Waals surface area contributed by atoms with Gasteiger partial charge in [-0.05, 0) is 30.5 Å². The lowest BCUT2D eigenvalue weighted by atomic mass is 10.0. The Kier molecular flexibility index (Phi) is 4.55. The summed E-state index contributed by atoms with van der Waals surface area (Å²) in [5, 5.41) is 4.33. The van der Waals surface area contributed by atoms with E-state index in [-0.39, 0.29) is 11.9 Å². The van der Waals surface area contributed by atoms with Crippen molar-refractivity contribution < 1.29 is 9.13 Å². The van der Waals surface area contributed by atoms with E-state index >= 15 is 0 Å². The van der Waals surface area contributed by atoms with Gasteiger partial charge >= 0.3 is 0 Å². The molecule has 0 spiro atoms. The maximum Gasteiger partial charge on any atom is 0.254 e. The van der Waals surface area contributed by atoms with Crippen molar-refractivity contribution in [3.8, 4) is 0 Å². The van der Waals surface area contributed by atoms with Crippen molar-refractivity contribution >= 4 is 11.6 Å². The third-order valence-corrected chi connectivity index (χ3v) is 4.74. The van der Waals surface area contributed by atoms with Crippen LogP contribution in [0.1, 0.15) is 36.3 Å². The minimum Gasteiger partial charge on any atom is -0.370 e. The van der Waals surface area contributed by atoms with Crippen LogP contribution >= 0.6 is 0 Å². The van der Waals surface area contributed by atoms with Gasteiger partial charge < -0.3 is 9.64 Å². The molecule has 1 atom stereocenters. The van der Waals surface area contributed by atoms with Crippen molar-refractivity contribution in [2.24, 2.45) is 0 Å². The molecule has 1 saturated heterocycles. The van der Waals surface area contributed by atoms with Crippen LogP contribution in [0.2, 0.25) is 0 Å². The molecule has 0 aliphatic carbocycles. The molecule has 1 aliphatic heterocycles. The second-order valence-corrected chi connectivity index (χ2v) is 6.64. The van der Waals surface area contributed by atoms with Crippen molar-refractivity contribution in [3.05, 3.63) is 53.2 Å². The molecule has 26 heavy (non-hydrogen) atoms. The second-order valence-electron chi connectivity index (χ2n) is 6.64. The lowest BCUT2D eigenvalue weighted by Gasteiger charge is -2.34. The summed E-state index contributed by atoms with van der Waals surface area (Å²) >= 11 is 0. The van der Waals surface area contributed by atoms with Crippen molar-refractivity contribution in [2.75, 3.05) is 24.6 Å². The molecule has 0 radical (unpaired) electrons. The highest BCUT2D eigenvalue weighted by molar-refractivity contribution is 5.48. The third kappa shape index (κ3) is 3.14. The first-order chi connectivity index (χ1) is 12.7. The number of hydrogen-bond acceptors (Lipinski definition) is 5. The first-order valence-electron chi connectivity index (χ1n) is 8.98. The average Bonchev–Trinajstić information content (AvgIpc) is 3.12. The number of hydrogen-bond donors (Lipinski definition) is 0. The highest BCUT2D eigenvalue weighted by Crippen LogP contribution is 2.27. The number of fused-ring (bicyclic) bond motifs is 1. The first kappa shape index (κ1) is 16.9. The van der Waals surface area contributed by atoms with Crippen molar-refractivity contribution in [3.63, 3.8) is 0 Å². The van der Waals surface area contributed by atoms with Gasteiger partial charge in [-0.3, -0.25) is 0 Å². The highest BCUT2D eigenvalue weighted by Gasteiger charge is 2.25. The van der Waals surface area contributed by atoms with E-state index in [1.807, 2.05) is 6.07 Å². The molecule has 0 amide bonds. The summed E-state index contributed by atoms with van der Waals surface area (Å²) in [5.74, 6) is 1.40. The van der Waals surface area contributed by atoms with Gasteiger partial charge in [0.05, 0.1) is 6.61 Å². The fourth-order valence-corrected chi connectivity index (χ4v) is 3.38. The average molecular weight is 355 g/mol. The Labute approximate surface area is 151 Å². The van der Waals surface area contributed by atoms with Gasteiger partial charge in [-0.15, -0.1) is 0 Å². The number of aryl methyl sites for hydroxylation is 2. The largest absolute Gasteiger partial charge is 0.370 e. The number of anilines is 1. The predicted octanol–water partition coefficient (Wildman–Crippen LogP) is 3.10. The molecule has 0 bridgehead atoms. The zero-order valence-electron chi connectivity index (χ0n) is 15.0. The van der Waals surface area contributed by atoms with Crippen molar-refractivity contribution in [1.82, 2.24) is 19.6 Å². The zero-order valence-corrected chi connectivity index (χ0v) is 15.0. The minimum absolute atomic E-state index is 0.107. The standard InChI is InChI=1S/C19H22FN5O/c1-3-4-15-10-18(25-19(23-15)21-12-22-25)24-7-8-26-17(11-24)14-5-6-16(20)13(2)9-14/h5-6,9-10,12,17H,3-4,7-8,11H2,1-2H3/t17-/m1/s1. The van der Waals surface area contributed by atoms with Gasteiger partial charge in [0.1, 0.15) is 24.1 Å². The molecule has 7 heteroatoms. The normalized spacial score (nSPS) is 17.8. The zero-order chi connectivity index (χ0) is 18.1. The van der Waals surface area contributed by atoms with Gasteiger partial charge in [0, 0.05) is 24.8 Å². The molecule has 3 aromatic rings. The molecule has 1 aromatic carbocycles. The molecule has 136 valence electrons. The number of nitrogens with zero attached hydrogens (tertiary/aromatic N) is 5. The number of ether oxygens (including phenoxy) is 1. The minimum atomic E-state index is -0.191. The van der Waals surface area contributed by atoms with E-state index in [1.165, 1.54) is 12.4 Å².